The number of anilines is 4. The van der Waals surface area contributed by atoms with E-state index in [1.54, 1.807) is 0 Å². The number of benzene rings is 6. The van der Waals surface area contributed by atoms with Crippen LogP contribution in [0, 0.1) is 0 Å². The molecule has 0 saturated carbocycles. The Kier molecular flexibility index (Phi) is 6.31. The van der Waals surface area contributed by atoms with Crippen LogP contribution in [0.25, 0.3) is 38.4 Å². The fourth-order valence-electron chi connectivity index (χ4n) is 7.32. The van der Waals surface area contributed by atoms with Crippen molar-refractivity contribution >= 4 is 55.5 Å². The summed E-state index contributed by atoms with van der Waals surface area (Å²) in [4.78, 5) is 7.04. The van der Waals surface area contributed by atoms with Crippen molar-refractivity contribution in [3.8, 4) is 5.69 Å². The summed E-state index contributed by atoms with van der Waals surface area (Å²) in [5.41, 5.74) is 11.9. The van der Waals surface area contributed by atoms with E-state index in [4.69, 9.17) is 4.98 Å². The van der Waals surface area contributed by atoms with Crippen molar-refractivity contribution in [1.82, 2.24) is 9.55 Å². The van der Waals surface area contributed by atoms with Gasteiger partial charge in [0.2, 0.25) is 0 Å². The number of hydrogen-bond donors (Lipinski definition) is 1. The van der Waals surface area contributed by atoms with Crippen molar-refractivity contribution in [2.45, 2.75) is 12.3 Å². The molecule has 1 atom stereocenters. The van der Waals surface area contributed by atoms with Crippen molar-refractivity contribution in [3.05, 3.63) is 169 Å². The normalized spacial score (nSPS) is 14.3. The number of rotatable bonds is 5. The standard InChI is InChI=1S/C42H32N4/c1-3-11-31(12-4-1)45(32-13-5-2-6-14-32)34-22-24-40-38(28-34)36-15-7-8-16-39(36)46(40)33-20-17-29(18-21-33)35-25-27-44-42-37(35)23-19-30-10-9-26-43-41(30)42/h1-24,26,28,35,44H,25,27H2. The Bertz CT molecular complexity index is 2300. The number of pyridine rings is 1. The third-order valence-corrected chi connectivity index (χ3v) is 9.41. The lowest BCUT2D eigenvalue weighted by Crippen LogP contribution is -2.18. The van der Waals surface area contributed by atoms with Gasteiger partial charge in [0.15, 0.2) is 0 Å². The van der Waals surface area contributed by atoms with E-state index in [0.29, 0.717) is 5.92 Å². The molecule has 0 bridgehead atoms. The Labute approximate surface area is 268 Å². The molecule has 1 N–H and O–H groups in total. The molecular weight excluding hydrogens is 560 g/mol. The molecule has 1 aliphatic rings. The van der Waals surface area contributed by atoms with E-state index >= 15 is 0 Å². The van der Waals surface area contributed by atoms with Crippen LogP contribution in [0.1, 0.15) is 23.5 Å². The van der Waals surface area contributed by atoms with Gasteiger partial charge in [-0.3, -0.25) is 4.98 Å². The van der Waals surface area contributed by atoms with E-state index in [9.17, 15) is 0 Å². The van der Waals surface area contributed by atoms with Crippen LogP contribution < -0.4 is 10.2 Å². The SMILES string of the molecule is c1ccc(N(c2ccccc2)c2ccc3c(c2)c2ccccc2n3-c2ccc(C3CCNc4c3ccc3cccnc43)cc2)cc1. The molecule has 1 unspecified atom stereocenters. The van der Waals surface area contributed by atoms with Crippen molar-refractivity contribution in [2.24, 2.45) is 0 Å². The minimum absolute atomic E-state index is 0.333. The predicted octanol–water partition coefficient (Wildman–Crippen LogP) is 10.7. The summed E-state index contributed by atoms with van der Waals surface area (Å²) in [6.45, 7) is 0.938. The van der Waals surface area contributed by atoms with Gasteiger partial charge < -0.3 is 14.8 Å². The summed E-state index contributed by atoms with van der Waals surface area (Å²) in [5.74, 6) is 0.333. The molecule has 4 heteroatoms. The zero-order valence-corrected chi connectivity index (χ0v) is 25.3. The van der Waals surface area contributed by atoms with Gasteiger partial charge in [0.05, 0.1) is 22.2 Å². The average molecular weight is 593 g/mol. The molecule has 0 spiro atoms. The maximum Gasteiger partial charge on any atom is 0.0936 e. The first-order valence-electron chi connectivity index (χ1n) is 16.0. The molecule has 0 saturated heterocycles. The minimum Gasteiger partial charge on any atom is -0.383 e. The molecule has 4 nitrogen and oxygen atoms in total. The highest BCUT2D eigenvalue weighted by Crippen LogP contribution is 2.42. The molecular formula is C42H32N4. The van der Waals surface area contributed by atoms with Gasteiger partial charge in [-0.15, -0.1) is 0 Å². The number of hydrogen-bond acceptors (Lipinski definition) is 3. The van der Waals surface area contributed by atoms with Crippen molar-refractivity contribution in [1.29, 1.82) is 0 Å². The van der Waals surface area contributed by atoms with Crippen LogP contribution in [0.4, 0.5) is 22.7 Å². The van der Waals surface area contributed by atoms with Gasteiger partial charge >= 0.3 is 0 Å². The number of nitrogens with one attached hydrogen (secondary N) is 1. The topological polar surface area (TPSA) is 33.1 Å². The van der Waals surface area contributed by atoms with Crippen molar-refractivity contribution in [2.75, 3.05) is 16.8 Å². The van der Waals surface area contributed by atoms with Gasteiger partial charge in [-0.1, -0.05) is 84.9 Å². The summed E-state index contributed by atoms with van der Waals surface area (Å²) >= 11 is 0. The molecule has 0 radical (unpaired) electrons. The molecule has 3 heterocycles. The van der Waals surface area contributed by atoms with Crippen LogP contribution in [0.2, 0.25) is 0 Å². The van der Waals surface area contributed by atoms with Crippen LogP contribution in [0.15, 0.2) is 158 Å². The third kappa shape index (κ3) is 4.33. The lowest BCUT2D eigenvalue weighted by atomic mass is 9.84. The summed E-state index contributed by atoms with van der Waals surface area (Å²) in [7, 11) is 0. The molecule has 0 amide bonds. The van der Waals surface area contributed by atoms with Gasteiger partial charge in [0.25, 0.3) is 0 Å². The van der Waals surface area contributed by atoms with E-state index < -0.39 is 0 Å². The summed E-state index contributed by atoms with van der Waals surface area (Å²) < 4.78 is 2.40. The molecule has 6 aromatic carbocycles. The average Bonchev–Trinajstić information content (AvgIpc) is 3.46. The third-order valence-electron chi connectivity index (χ3n) is 9.41. The van der Waals surface area contributed by atoms with E-state index in [1.165, 1.54) is 49.7 Å². The first-order valence-corrected chi connectivity index (χ1v) is 16.0. The van der Waals surface area contributed by atoms with Crippen LogP contribution in [0.3, 0.4) is 0 Å². The first kappa shape index (κ1) is 26.5. The molecule has 220 valence electrons. The predicted molar refractivity (Wildman–Crippen MR) is 192 cm³/mol. The zero-order valence-electron chi connectivity index (χ0n) is 25.3. The summed E-state index contributed by atoms with van der Waals surface area (Å²) in [6, 6.07) is 54.7. The van der Waals surface area contributed by atoms with Crippen LogP contribution in [-0.2, 0) is 0 Å². The Morgan fingerprint density at radius 3 is 2.11 bits per heavy atom. The van der Waals surface area contributed by atoms with Crippen LogP contribution >= 0.6 is 0 Å². The molecule has 0 aliphatic carbocycles. The molecule has 9 rings (SSSR count). The Morgan fingerprint density at radius 2 is 1.33 bits per heavy atom. The highest BCUT2D eigenvalue weighted by atomic mass is 15.1. The first-order chi connectivity index (χ1) is 22.8. The molecule has 8 aromatic rings. The number of fused-ring (bicyclic) bond motifs is 6. The maximum atomic E-state index is 4.71. The van der Waals surface area contributed by atoms with Crippen LogP contribution in [-0.4, -0.2) is 16.1 Å². The smallest absolute Gasteiger partial charge is 0.0936 e. The molecule has 46 heavy (non-hydrogen) atoms. The Balaban J connectivity index is 1.14. The lowest BCUT2D eigenvalue weighted by molar-refractivity contribution is 0.721. The van der Waals surface area contributed by atoms with Gasteiger partial charge in [-0.05, 0) is 84.3 Å². The zero-order chi connectivity index (χ0) is 30.5. The highest BCUT2D eigenvalue weighted by Gasteiger charge is 2.24. The maximum absolute atomic E-state index is 4.71. The molecule has 1 aliphatic heterocycles. The van der Waals surface area contributed by atoms with Gasteiger partial charge in [0.1, 0.15) is 0 Å². The molecule has 0 fully saturated rings. The van der Waals surface area contributed by atoms with Crippen molar-refractivity contribution in [3.63, 3.8) is 0 Å². The second-order valence-electron chi connectivity index (χ2n) is 12.0. The van der Waals surface area contributed by atoms with Gasteiger partial charge in [-0.2, -0.15) is 0 Å². The number of nitrogens with zero attached hydrogens (tertiary/aromatic N) is 3. The molecule has 2 aromatic heterocycles. The summed E-state index contributed by atoms with van der Waals surface area (Å²) in [5, 5.41) is 7.30. The lowest BCUT2D eigenvalue weighted by Gasteiger charge is -2.28. The Morgan fingerprint density at radius 1 is 0.609 bits per heavy atom. The van der Waals surface area contributed by atoms with E-state index in [0.717, 1.165) is 35.5 Å². The monoisotopic (exact) mass is 592 g/mol. The minimum atomic E-state index is 0.333. The number of aromatic nitrogens is 2. The van der Waals surface area contributed by atoms with Gasteiger partial charge in [0, 0.05) is 57.6 Å². The largest absolute Gasteiger partial charge is 0.383 e. The fourth-order valence-corrected chi connectivity index (χ4v) is 7.32. The second-order valence-corrected chi connectivity index (χ2v) is 12.0. The highest BCUT2D eigenvalue weighted by molar-refractivity contribution is 6.10. The van der Waals surface area contributed by atoms with Crippen LogP contribution in [0.5, 0.6) is 0 Å². The second kappa shape index (κ2) is 10.9. The van der Waals surface area contributed by atoms with E-state index in [1.807, 2.05) is 12.3 Å². The Hall–Kier alpha value is -5.87. The number of para-hydroxylation sites is 3. The van der Waals surface area contributed by atoms with Crippen molar-refractivity contribution < 1.29 is 0 Å². The van der Waals surface area contributed by atoms with E-state index in [2.05, 4.69) is 160 Å². The quantitative estimate of drug-likeness (QED) is 0.216. The fraction of sp³-hybridized carbons (Fsp3) is 0.0714. The summed E-state index contributed by atoms with van der Waals surface area (Å²) in [6.07, 6.45) is 2.94. The van der Waals surface area contributed by atoms with E-state index in [-0.39, 0.29) is 0 Å². The van der Waals surface area contributed by atoms with Gasteiger partial charge in [-0.25, -0.2) is 0 Å².